The molecule has 0 saturated carbocycles. The predicted octanol–water partition coefficient (Wildman–Crippen LogP) is 1.91. The number of ether oxygens (including phenoxy) is 1. The Hall–Kier alpha value is -0.700. The van der Waals surface area contributed by atoms with Crippen LogP contribution in [0, 0.1) is 0 Å². The Morgan fingerprint density at radius 2 is 1.76 bits per heavy atom. The number of aliphatic hydroxyl groups is 2. The van der Waals surface area contributed by atoms with Crippen molar-refractivity contribution in [2.24, 2.45) is 0 Å². The second kappa shape index (κ2) is 7.53. The summed E-state index contributed by atoms with van der Waals surface area (Å²) in [4.78, 5) is 23.4. The molecule has 2 unspecified atom stereocenters. The third-order valence-electron chi connectivity index (χ3n) is 2.82. The van der Waals surface area contributed by atoms with E-state index < -0.39 is 34.0 Å². The van der Waals surface area contributed by atoms with Crippen LogP contribution in [-0.4, -0.2) is 43.7 Å². The summed E-state index contributed by atoms with van der Waals surface area (Å²) in [7, 11) is 0. The van der Waals surface area contributed by atoms with Gasteiger partial charge >= 0.3 is 11.9 Å². The van der Waals surface area contributed by atoms with E-state index in [4.69, 9.17) is 4.74 Å². The topological polar surface area (TPSA) is 104 Å². The van der Waals surface area contributed by atoms with Gasteiger partial charge in [-0.25, -0.2) is 9.59 Å². The van der Waals surface area contributed by atoms with Crippen molar-refractivity contribution in [3.63, 3.8) is 0 Å². The molecule has 1 rings (SSSR count). The number of carboxylic acids is 1. The minimum atomic E-state index is -1.43. The molecule has 0 amide bonds. The van der Waals surface area contributed by atoms with Gasteiger partial charge < -0.3 is 20.1 Å². The normalized spacial score (nSPS) is 22.2. The first-order chi connectivity index (χ1) is 9.68. The van der Waals surface area contributed by atoms with Crippen LogP contribution in [0.25, 0.3) is 0 Å². The van der Waals surface area contributed by atoms with E-state index in [1.165, 1.54) is 0 Å². The molecule has 120 valence electrons. The smallest absolute Gasteiger partial charge is 0.347 e. The van der Waals surface area contributed by atoms with Crippen LogP contribution in [0.3, 0.4) is 0 Å². The molecule has 0 radical (unpaired) electrons. The Labute approximate surface area is 131 Å². The molecule has 1 aliphatic rings. The second-order valence-electron chi connectivity index (χ2n) is 5.24. The van der Waals surface area contributed by atoms with Gasteiger partial charge in [0.05, 0.1) is 4.24 Å². The zero-order chi connectivity index (χ0) is 16.2. The Morgan fingerprint density at radius 1 is 1.24 bits per heavy atom. The first kappa shape index (κ1) is 18.3. The highest BCUT2D eigenvalue weighted by Crippen LogP contribution is 2.46. The van der Waals surface area contributed by atoms with E-state index in [1.807, 2.05) is 6.92 Å². The van der Waals surface area contributed by atoms with E-state index in [0.717, 1.165) is 36.4 Å². The SMILES string of the molecule is CCCCC(C)(C)OC(=O)C(C(=O)O)=C1SC(O)C(O)S1. The highest BCUT2D eigenvalue weighted by molar-refractivity contribution is 8.25. The molecule has 2 atom stereocenters. The maximum absolute atomic E-state index is 12.1. The minimum absolute atomic E-state index is 0.0683. The first-order valence-corrected chi connectivity index (χ1v) is 8.34. The molecule has 3 N–H and O–H groups in total. The number of hydrogen-bond donors (Lipinski definition) is 3. The zero-order valence-corrected chi connectivity index (χ0v) is 13.8. The number of aliphatic hydroxyl groups excluding tert-OH is 2. The lowest BCUT2D eigenvalue weighted by Gasteiger charge is -2.25. The average molecular weight is 336 g/mol. The van der Waals surface area contributed by atoms with Gasteiger partial charge in [-0.3, -0.25) is 0 Å². The van der Waals surface area contributed by atoms with Crippen molar-refractivity contribution in [1.82, 2.24) is 0 Å². The van der Waals surface area contributed by atoms with Crippen molar-refractivity contribution in [3.05, 3.63) is 9.81 Å². The van der Waals surface area contributed by atoms with Gasteiger partial charge in [-0.05, 0) is 26.7 Å². The molecule has 8 heteroatoms. The molecule has 6 nitrogen and oxygen atoms in total. The van der Waals surface area contributed by atoms with E-state index in [0.29, 0.717) is 6.42 Å². The fraction of sp³-hybridized carbons (Fsp3) is 0.692. The second-order valence-corrected chi connectivity index (χ2v) is 7.75. The van der Waals surface area contributed by atoms with Gasteiger partial charge in [0, 0.05) is 0 Å². The number of carboxylic acid groups (broad SMARTS) is 1. The van der Waals surface area contributed by atoms with Gasteiger partial charge in [-0.1, -0.05) is 36.9 Å². The van der Waals surface area contributed by atoms with Crippen LogP contribution in [0.15, 0.2) is 9.81 Å². The molecule has 0 aromatic heterocycles. The summed E-state index contributed by atoms with van der Waals surface area (Å²) in [6.45, 7) is 5.46. The van der Waals surface area contributed by atoms with Crippen LogP contribution in [0.1, 0.15) is 40.0 Å². The zero-order valence-electron chi connectivity index (χ0n) is 12.2. The molecule has 1 fully saturated rings. The average Bonchev–Trinajstić information content (AvgIpc) is 2.65. The molecule has 0 aromatic rings. The molecule has 1 aliphatic heterocycles. The molecule has 1 heterocycles. The fourth-order valence-electron chi connectivity index (χ4n) is 1.69. The number of aliphatic carboxylic acids is 1. The Kier molecular flexibility index (Phi) is 6.58. The van der Waals surface area contributed by atoms with Crippen LogP contribution in [0.5, 0.6) is 0 Å². The molecule has 21 heavy (non-hydrogen) atoms. The van der Waals surface area contributed by atoms with Gasteiger partial charge in [0.15, 0.2) is 5.57 Å². The summed E-state index contributed by atoms with van der Waals surface area (Å²) in [5, 5.41) is 28.1. The molecule has 0 aliphatic carbocycles. The van der Waals surface area contributed by atoms with Crippen molar-refractivity contribution in [3.8, 4) is 0 Å². The first-order valence-electron chi connectivity index (χ1n) is 6.58. The lowest BCUT2D eigenvalue weighted by molar-refractivity contribution is -0.154. The van der Waals surface area contributed by atoms with Crippen LogP contribution < -0.4 is 0 Å². The molecular formula is C13H20O6S2. The number of carbonyl (C=O) groups excluding carboxylic acids is 1. The predicted molar refractivity (Wildman–Crippen MR) is 81.6 cm³/mol. The summed E-state index contributed by atoms with van der Waals surface area (Å²) < 4.78 is 5.35. The van der Waals surface area contributed by atoms with Gasteiger partial charge in [-0.2, -0.15) is 0 Å². The maximum atomic E-state index is 12.1. The molecule has 1 saturated heterocycles. The van der Waals surface area contributed by atoms with E-state index in [2.05, 4.69) is 0 Å². The van der Waals surface area contributed by atoms with Gasteiger partial charge in [0.2, 0.25) is 0 Å². The van der Waals surface area contributed by atoms with Crippen LogP contribution in [-0.2, 0) is 14.3 Å². The number of hydrogen-bond acceptors (Lipinski definition) is 7. The van der Waals surface area contributed by atoms with E-state index in [1.54, 1.807) is 13.8 Å². The lowest BCUT2D eigenvalue weighted by atomic mass is 10.0. The Morgan fingerprint density at radius 3 is 2.19 bits per heavy atom. The maximum Gasteiger partial charge on any atom is 0.347 e. The fourth-order valence-corrected chi connectivity index (χ4v) is 4.09. The standard InChI is InChI=1S/C13H20O6S2/c1-4-5-6-13(2,3)19-9(16)7(8(14)15)12-20-10(17)11(18)21-12/h10-11,17-18H,4-6H2,1-3H3,(H,14,15). The van der Waals surface area contributed by atoms with Crippen molar-refractivity contribution in [2.75, 3.05) is 0 Å². The number of thioether (sulfide) groups is 2. The quantitative estimate of drug-likeness (QED) is 0.292. The third kappa shape index (κ3) is 5.21. The Bertz CT molecular complexity index is 434. The van der Waals surface area contributed by atoms with Crippen LogP contribution in [0.2, 0.25) is 0 Å². The lowest BCUT2D eigenvalue weighted by Crippen LogP contribution is -2.30. The van der Waals surface area contributed by atoms with Gasteiger partial charge in [0.25, 0.3) is 0 Å². The summed E-state index contributed by atoms with van der Waals surface area (Å²) >= 11 is 1.50. The number of rotatable bonds is 6. The summed E-state index contributed by atoms with van der Waals surface area (Å²) in [6, 6.07) is 0. The van der Waals surface area contributed by atoms with E-state index in [9.17, 15) is 24.9 Å². The molecule has 0 bridgehead atoms. The summed E-state index contributed by atoms with van der Waals surface area (Å²) in [6.07, 6.45) is 2.43. The van der Waals surface area contributed by atoms with Gasteiger partial charge in [0.1, 0.15) is 16.5 Å². The number of unbranched alkanes of at least 4 members (excludes halogenated alkanes) is 1. The van der Waals surface area contributed by atoms with Crippen molar-refractivity contribution < 1.29 is 29.6 Å². The molecule has 0 spiro atoms. The van der Waals surface area contributed by atoms with E-state index in [-0.39, 0.29) is 4.24 Å². The van der Waals surface area contributed by atoms with Gasteiger partial charge in [-0.15, -0.1) is 0 Å². The monoisotopic (exact) mass is 336 g/mol. The van der Waals surface area contributed by atoms with E-state index >= 15 is 0 Å². The molecule has 0 aromatic carbocycles. The minimum Gasteiger partial charge on any atom is -0.477 e. The van der Waals surface area contributed by atoms with Crippen molar-refractivity contribution >= 4 is 35.5 Å². The van der Waals surface area contributed by atoms with Crippen LogP contribution >= 0.6 is 23.5 Å². The highest BCUT2D eigenvalue weighted by Gasteiger charge is 2.37. The summed E-state index contributed by atoms with van der Waals surface area (Å²) in [5.74, 6) is -2.37. The van der Waals surface area contributed by atoms with Crippen molar-refractivity contribution in [1.29, 1.82) is 0 Å². The largest absolute Gasteiger partial charge is 0.477 e. The highest BCUT2D eigenvalue weighted by atomic mass is 32.2. The third-order valence-corrected chi connectivity index (χ3v) is 5.41. The Balaban J connectivity index is 2.90. The van der Waals surface area contributed by atoms with Crippen LogP contribution in [0.4, 0.5) is 0 Å². The molecular weight excluding hydrogens is 316 g/mol. The number of carbonyl (C=O) groups is 2. The number of esters is 1. The van der Waals surface area contributed by atoms with Crippen molar-refractivity contribution in [2.45, 2.75) is 56.5 Å². The summed E-state index contributed by atoms with van der Waals surface area (Å²) in [5.41, 5.74) is -3.61.